The number of hydrogen-bond donors (Lipinski definition) is 1. The van der Waals surface area contributed by atoms with Crippen molar-refractivity contribution in [3.63, 3.8) is 0 Å². The lowest BCUT2D eigenvalue weighted by Crippen LogP contribution is -2.34. The molecule has 0 bridgehead atoms. The van der Waals surface area contributed by atoms with E-state index < -0.39 is 14.9 Å². The Morgan fingerprint density at radius 1 is 1.05 bits per heavy atom. The molecule has 0 radical (unpaired) electrons. The quantitative estimate of drug-likeness (QED) is 0.836. The Morgan fingerprint density at radius 3 is 2.05 bits per heavy atom. The summed E-state index contributed by atoms with van der Waals surface area (Å²) >= 11 is 11.9. The summed E-state index contributed by atoms with van der Waals surface area (Å²) in [6.07, 6.45) is 0. The molecule has 21 heavy (non-hydrogen) atoms. The molecule has 2 rings (SSSR count). The van der Waals surface area contributed by atoms with E-state index in [0.29, 0.717) is 21.2 Å². The normalized spacial score (nSPS) is 14.7. The van der Waals surface area contributed by atoms with Gasteiger partial charge >= 0.3 is 0 Å². The third-order valence-corrected chi connectivity index (χ3v) is 5.51. The van der Waals surface area contributed by atoms with Gasteiger partial charge in [0.05, 0.1) is 0 Å². The Labute approximate surface area is 134 Å². The highest BCUT2D eigenvalue weighted by Crippen LogP contribution is 2.40. The van der Waals surface area contributed by atoms with Crippen molar-refractivity contribution in [2.24, 2.45) is 0 Å². The maximum Gasteiger partial charge on any atom is 0.278 e. The van der Waals surface area contributed by atoms with Crippen molar-refractivity contribution in [1.82, 2.24) is 0 Å². The minimum Gasteiger partial charge on any atom is -0.285 e. The van der Waals surface area contributed by atoms with E-state index in [4.69, 9.17) is 23.2 Å². The van der Waals surface area contributed by atoms with Crippen molar-refractivity contribution >= 4 is 33.3 Å². The average molecular weight is 345 g/mol. The van der Waals surface area contributed by atoms with Crippen LogP contribution in [-0.2, 0) is 14.9 Å². The van der Waals surface area contributed by atoms with Crippen LogP contribution in [0, 0.1) is 6.92 Å². The molecule has 0 spiro atoms. The van der Waals surface area contributed by atoms with Gasteiger partial charge in [0, 0.05) is 10.0 Å². The molecule has 3 nitrogen and oxygen atoms in total. The molecule has 2 aromatic carbocycles. The SMILES string of the molecule is Cc1ccccc1[C@](C)(c1cc(Cl)cc(Cl)c1)S(=O)(=O)O. The summed E-state index contributed by atoms with van der Waals surface area (Å²) in [7, 11) is -4.44. The van der Waals surface area contributed by atoms with E-state index in [-0.39, 0.29) is 0 Å². The first-order chi connectivity index (χ1) is 9.66. The molecule has 0 unspecified atom stereocenters. The number of halogens is 2. The summed E-state index contributed by atoms with van der Waals surface area (Å²) in [6, 6.07) is 11.5. The number of hydrogen-bond acceptors (Lipinski definition) is 2. The van der Waals surface area contributed by atoms with Gasteiger partial charge in [0.15, 0.2) is 0 Å². The highest BCUT2D eigenvalue weighted by molar-refractivity contribution is 7.87. The van der Waals surface area contributed by atoms with Crippen LogP contribution in [0.2, 0.25) is 10.0 Å². The van der Waals surface area contributed by atoms with Crippen LogP contribution in [0.15, 0.2) is 42.5 Å². The molecular weight excluding hydrogens is 331 g/mol. The van der Waals surface area contributed by atoms with Crippen LogP contribution in [0.1, 0.15) is 23.6 Å². The molecule has 2 aromatic rings. The molecule has 0 heterocycles. The van der Waals surface area contributed by atoms with Crippen molar-refractivity contribution < 1.29 is 13.0 Å². The molecule has 6 heteroatoms. The average Bonchev–Trinajstić information content (AvgIpc) is 2.36. The molecule has 0 aliphatic heterocycles. The standard InChI is InChI=1S/C15H14Cl2O3S/c1-10-5-3-4-6-14(10)15(2,21(18,19)20)11-7-12(16)9-13(17)8-11/h3-9H,1-2H3,(H,18,19,20)/t15-/m0/s1. The Bertz CT molecular complexity index is 767. The number of rotatable bonds is 3. The minimum absolute atomic E-state index is 0.306. The minimum atomic E-state index is -4.44. The Kier molecular flexibility index (Phi) is 4.36. The fourth-order valence-corrected chi connectivity index (χ4v) is 3.83. The van der Waals surface area contributed by atoms with Gasteiger partial charge in [-0.2, -0.15) is 8.42 Å². The van der Waals surface area contributed by atoms with Crippen molar-refractivity contribution in [2.45, 2.75) is 18.6 Å². The molecule has 0 aliphatic carbocycles. The van der Waals surface area contributed by atoms with E-state index in [9.17, 15) is 13.0 Å². The highest BCUT2D eigenvalue weighted by atomic mass is 35.5. The van der Waals surface area contributed by atoms with E-state index in [2.05, 4.69) is 0 Å². The topological polar surface area (TPSA) is 54.4 Å². The first kappa shape index (κ1) is 16.3. The second-order valence-electron chi connectivity index (χ2n) is 4.98. The van der Waals surface area contributed by atoms with Gasteiger partial charge in [-0.05, 0) is 48.7 Å². The molecule has 1 N–H and O–H groups in total. The maximum atomic E-state index is 12.1. The Morgan fingerprint density at radius 2 is 1.57 bits per heavy atom. The van der Waals surface area contributed by atoms with Gasteiger partial charge in [-0.25, -0.2) is 0 Å². The first-order valence-electron chi connectivity index (χ1n) is 6.16. The molecule has 0 saturated heterocycles. The molecule has 0 amide bonds. The monoisotopic (exact) mass is 344 g/mol. The first-order valence-corrected chi connectivity index (χ1v) is 8.35. The maximum absolute atomic E-state index is 12.1. The predicted octanol–water partition coefficient (Wildman–Crippen LogP) is 4.45. The van der Waals surface area contributed by atoms with E-state index >= 15 is 0 Å². The van der Waals surface area contributed by atoms with Gasteiger partial charge in [0.1, 0.15) is 4.75 Å². The van der Waals surface area contributed by atoms with E-state index in [1.54, 1.807) is 31.2 Å². The molecule has 112 valence electrons. The molecule has 0 saturated carbocycles. The van der Waals surface area contributed by atoms with Gasteiger partial charge in [0.25, 0.3) is 10.1 Å². The molecular formula is C15H14Cl2O3S. The molecule has 0 aliphatic rings. The molecule has 0 fully saturated rings. The van der Waals surface area contributed by atoms with Crippen LogP contribution >= 0.6 is 23.2 Å². The summed E-state index contributed by atoms with van der Waals surface area (Å²) in [5.74, 6) is 0. The van der Waals surface area contributed by atoms with Crippen LogP contribution in [0.4, 0.5) is 0 Å². The van der Waals surface area contributed by atoms with Gasteiger partial charge < -0.3 is 0 Å². The third-order valence-electron chi connectivity index (χ3n) is 3.59. The van der Waals surface area contributed by atoms with Gasteiger partial charge in [-0.3, -0.25) is 4.55 Å². The number of aryl methyl sites for hydroxylation is 1. The zero-order valence-electron chi connectivity index (χ0n) is 11.5. The largest absolute Gasteiger partial charge is 0.285 e. The van der Waals surface area contributed by atoms with Crippen molar-refractivity contribution in [3.8, 4) is 0 Å². The van der Waals surface area contributed by atoms with Crippen LogP contribution in [0.25, 0.3) is 0 Å². The fraction of sp³-hybridized carbons (Fsp3) is 0.200. The zero-order valence-corrected chi connectivity index (χ0v) is 13.8. The lowest BCUT2D eigenvalue weighted by atomic mass is 9.89. The van der Waals surface area contributed by atoms with Crippen LogP contribution in [-0.4, -0.2) is 13.0 Å². The van der Waals surface area contributed by atoms with Gasteiger partial charge in [-0.1, -0.05) is 47.5 Å². The van der Waals surface area contributed by atoms with E-state index in [0.717, 1.165) is 5.56 Å². The lowest BCUT2D eigenvalue weighted by molar-refractivity contribution is 0.452. The summed E-state index contributed by atoms with van der Waals surface area (Å²) < 4.78 is 32.4. The van der Waals surface area contributed by atoms with Crippen molar-refractivity contribution in [2.75, 3.05) is 0 Å². The third kappa shape index (κ3) is 2.94. The number of benzene rings is 2. The van der Waals surface area contributed by atoms with E-state index in [1.807, 2.05) is 0 Å². The zero-order chi connectivity index (χ0) is 15.8. The Hall–Kier alpha value is -1.07. The van der Waals surface area contributed by atoms with Crippen LogP contribution in [0.3, 0.4) is 0 Å². The summed E-state index contributed by atoms with van der Waals surface area (Å²) in [5.41, 5.74) is 1.54. The predicted molar refractivity (Wildman–Crippen MR) is 85.6 cm³/mol. The highest BCUT2D eigenvalue weighted by Gasteiger charge is 2.43. The lowest BCUT2D eigenvalue weighted by Gasteiger charge is -2.29. The summed E-state index contributed by atoms with van der Waals surface area (Å²) in [6.45, 7) is 3.22. The van der Waals surface area contributed by atoms with Crippen molar-refractivity contribution in [3.05, 3.63) is 69.2 Å². The van der Waals surface area contributed by atoms with E-state index in [1.165, 1.54) is 25.1 Å². The molecule has 0 aromatic heterocycles. The summed E-state index contributed by atoms with van der Waals surface area (Å²) in [4.78, 5) is 0. The summed E-state index contributed by atoms with van der Waals surface area (Å²) in [5, 5.41) is 0.613. The van der Waals surface area contributed by atoms with Crippen molar-refractivity contribution in [1.29, 1.82) is 0 Å². The smallest absolute Gasteiger partial charge is 0.278 e. The fourth-order valence-electron chi connectivity index (χ4n) is 2.38. The Balaban J connectivity index is 2.84. The second kappa shape index (κ2) is 5.61. The second-order valence-corrected chi connectivity index (χ2v) is 7.62. The van der Waals surface area contributed by atoms with Crippen LogP contribution < -0.4 is 0 Å². The van der Waals surface area contributed by atoms with Gasteiger partial charge in [0.2, 0.25) is 0 Å². The van der Waals surface area contributed by atoms with Crippen LogP contribution in [0.5, 0.6) is 0 Å². The van der Waals surface area contributed by atoms with Gasteiger partial charge in [-0.15, -0.1) is 0 Å². The molecule has 1 atom stereocenters.